The quantitative estimate of drug-likeness (QED) is 0.730. The number of hydrogen-bond donors (Lipinski definition) is 1. The molecule has 0 saturated heterocycles. The molecule has 0 aromatic rings. The summed E-state index contributed by atoms with van der Waals surface area (Å²) in [5.41, 5.74) is 0. The molecule has 114 valence electrons. The van der Waals surface area contributed by atoms with Crippen LogP contribution in [0.2, 0.25) is 0 Å². The van der Waals surface area contributed by atoms with E-state index in [-0.39, 0.29) is 12.0 Å². The number of rotatable bonds is 5. The zero-order chi connectivity index (χ0) is 15.1. The van der Waals surface area contributed by atoms with Gasteiger partial charge in [0.05, 0.1) is 20.3 Å². The van der Waals surface area contributed by atoms with Crippen molar-refractivity contribution in [1.29, 1.82) is 0 Å². The van der Waals surface area contributed by atoms with Crippen molar-refractivity contribution < 1.29 is 14.6 Å². The molecule has 1 aliphatic heterocycles. The maximum atomic E-state index is 10.3. The van der Waals surface area contributed by atoms with Crippen molar-refractivity contribution in [2.75, 3.05) is 14.2 Å². The van der Waals surface area contributed by atoms with Crippen LogP contribution in [0.4, 0.5) is 0 Å². The van der Waals surface area contributed by atoms with Gasteiger partial charge in [-0.2, -0.15) is 0 Å². The minimum absolute atomic E-state index is 0.146. The highest BCUT2D eigenvalue weighted by Gasteiger charge is 2.34. The van der Waals surface area contributed by atoms with E-state index in [1.807, 2.05) is 10.2 Å². The lowest BCUT2D eigenvalue weighted by Crippen LogP contribution is -2.42. The van der Waals surface area contributed by atoms with E-state index in [0.717, 1.165) is 6.42 Å². The topological polar surface area (TPSA) is 63.4 Å². The predicted octanol–water partition coefficient (Wildman–Crippen LogP) is 2.57. The average molecular weight is 394 g/mol. The monoisotopic (exact) mass is 394 g/mol. The molecule has 0 spiro atoms. The number of aliphatic imine (C=N–C) groups is 2. The summed E-state index contributed by atoms with van der Waals surface area (Å²) >= 11 is 2.16. The third kappa shape index (κ3) is 4.44. The number of halogens is 1. The Bertz CT molecular complexity index is 394. The molecule has 0 fully saturated rings. The summed E-state index contributed by atoms with van der Waals surface area (Å²) in [6.45, 7) is 4.11. The molecule has 5 nitrogen and oxygen atoms in total. The first-order valence-electron chi connectivity index (χ1n) is 6.71. The Morgan fingerprint density at radius 1 is 1.20 bits per heavy atom. The van der Waals surface area contributed by atoms with Crippen LogP contribution in [0.25, 0.3) is 0 Å². The second-order valence-corrected chi connectivity index (χ2v) is 5.70. The van der Waals surface area contributed by atoms with Crippen LogP contribution in [-0.4, -0.2) is 49.3 Å². The van der Waals surface area contributed by atoms with Gasteiger partial charge in [0.2, 0.25) is 11.8 Å². The zero-order valence-corrected chi connectivity index (χ0v) is 14.6. The Labute approximate surface area is 134 Å². The molecule has 1 rings (SSSR count). The summed E-state index contributed by atoms with van der Waals surface area (Å²) in [7, 11) is 3.15. The summed E-state index contributed by atoms with van der Waals surface area (Å²) < 4.78 is 12.6. The predicted molar refractivity (Wildman–Crippen MR) is 89.7 cm³/mol. The molecule has 0 aromatic heterocycles. The normalized spacial score (nSPS) is 24.6. The third-order valence-corrected chi connectivity index (χ3v) is 3.68. The number of methoxy groups -OCH3 is 2. The van der Waals surface area contributed by atoms with Crippen LogP contribution in [0.15, 0.2) is 20.1 Å². The highest BCUT2D eigenvalue weighted by molar-refractivity contribution is 14.1. The first-order chi connectivity index (χ1) is 9.54. The zero-order valence-electron chi connectivity index (χ0n) is 12.4. The molecule has 0 saturated carbocycles. The number of aliphatic hydroxyl groups is 1. The van der Waals surface area contributed by atoms with Crippen LogP contribution in [0.3, 0.4) is 0 Å². The first-order valence-corrected chi connectivity index (χ1v) is 7.96. The number of nitrogens with zero attached hydrogens (tertiary/aromatic N) is 2. The molecule has 20 heavy (non-hydrogen) atoms. The van der Waals surface area contributed by atoms with E-state index in [4.69, 9.17) is 9.47 Å². The first kappa shape index (κ1) is 17.4. The molecule has 0 radical (unpaired) electrons. The van der Waals surface area contributed by atoms with Crippen LogP contribution in [0.1, 0.15) is 26.7 Å². The van der Waals surface area contributed by atoms with Crippen molar-refractivity contribution in [2.24, 2.45) is 15.9 Å². The molecular formula is C14H23IN2O3. The van der Waals surface area contributed by atoms with E-state index < -0.39 is 12.1 Å². The van der Waals surface area contributed by atoms with Crippen molar-refractivity contribution in [3.05, 3.63) is 10.2 Å². The number of hydrogen-bond acceptors (Lipinski definition) is 5. The Morgan fingerprint density at radius 2 is 1.75 bits per heavy atom. The van der Waals surface area contributed by atoms with Crippen LogP contribution in [-0.2, 0) is 9.47 Å². The van der Waals surface area contributed by atoms with Gasteiger partial charge in [-0.3, -0.25) is 0 Å². The van der Waals surface area contributed by atoms with Gasteiger partial charge < -0.3 is 14.6 Å². The number of ether oxygens (including phenoxy) is 2. The van der Waals surface area contributed by atoms with Crippen molar-refractivity contribution in [1.82, 2.24) is 0 Å². The fourth-order valence-corrected chi connectivity index (χ4v) is 2.42. The minimum Gasteiger partial charge on any atom is -0.483 e. The van der Waals surface area contributed by atoms with Gasteiger partial charge in [-0.05, 0) is 22.8 Å². The summed E-state index contributed by atoms with van der Waals surface area (Å²) in [5, 5.41) is 10.3. The average Bonchev–Trinajstić information content (AvgIpc) is 2.45. The molecule has 1 N–H and O–H groups in total. The lowest BCUT2D eigenvalue weighted by atomic mass is 10.00. The fourth-order valence-electron chi connectivity index (χ4n) is 2.06. The van der Waals surface area contributed by atoms with Crippen molar-refractivity contribution >= 4 is 34.4 Å². The maximum absolute atomic E-state index is 10.3. The van der Waals surface area contributed by atoms with E-state index in [2.05, 4.69) is 46.4 Å². The number of allylic oxidation sites excluding steroid dienone is 1. The molecule has 0 bridgehead atoms. The molecule has 1 heterocycles. The Kier molecular flexibility index (Phi) is 7.50. The number of aliphatic hydroxyl groups excluding tert-OH is 1. The largest absolute Gasteiger partial charge is 0.483 e. The third-order valence-electron chi connectivity index (χ3n) is 3.17. The maximum Gasteiger partial charge on any atom is 0.212 e. The van der Waals surface area contributed by atoms with Crippen molar-refractivity contribution in [2.45, 2.75) is 44.9 Å². The van der Waals surface area contributed by atoms with Crippen LogP contribution < -0.4 is 0 Å². The van der Waals surface area contributed by atoms with E-state index in [1.54, 1.807) is 14.2 Å². The lowest BCUT2D eigenvalue weighted by Gasteiger charge is -2.29. The molecular weight excluding hydrogens is 371 g/mol. The second kappa shape index (κ2) is 8.61. The SMILES string of the molecule is COC1=N[C@H](C(C)C)C(OC)=N[C@H]1[C@@H](O)CC/C=C/I. The van der Waals surface area contributed by atoms with E-state index in [9.17, 15) is 5.11 Å². The molecule has 3 atom stereocenters. The Balaban J connectivity index is 2.88. The Hall–Kier alpha value is -0.630. The Morgan fingerprint density at radius 3 is 2.25 bits per heavy atom. The van der Waals surface area contributed by atoms with E-state index in [1.165, 1.54) is 0 Å². The van der Waals surface area contributed by atoms with Crippen molar-refractivity contribution in [3.8, 4) is 0 Å². The standard InChI is InChI=1S/C14H23IN2O3/c1-9(2)11-13(19-3)17-12(14(16-11)20-4)10(18)7-5-6-8-15/h6,8-12,18H,5,7H2,1-4H3/b8-6+/t10-,11+,12-/m0/s1. The van der Waals surface area contributed by atoms with E-state index in [0.29, 0.717) is 18.2 Å². The van der Waals surface area contributed by atoms with Gasteiger partial charge in [0.1, 0.15) is 6.04 Å². The highest BCUT2D eigenvalue weighted by atomic mass is 127. The molecule has 6 heteroatoms. The lowest BCUT2D eigenvalue weighted by molar-refractivity contribution is 0.145. The van der Waals surface area contributed by atoms with Crippen LogP contribution >= 0.6 is 22.6 Å². The molecule has 0 aliphatic carbocycles. The van der Waals surface area contributed by atoms with Gasteiger partial charge in [0.25, 0.3) is 0 Å². The van der Waals surface area contributed by atoms with Crippen LogP contribution in [0.5, 0.6) is 0 Å². The molecule has 0 unspecified atom stereocenters. The van der Waals surface area contributed by atoms with Gasteiger partial charge >= 0.3 is 0 Å². The minimum atomic E-state index is -0.625. The smallest absolute Gasteiger partial charge is 0.212 e. The molecule has 0 aromatic carbocycles. The summed E-state index contributed by atoms with van der Waals surface area (Å²) in [6.07, 6.45) is 2.79. The van der Waals surface area contributed by atoms with Gasteiger partial charge in [-0.15, -0.1) is 0 Å². The summed E-state index contributed by atoms with van der Waals surface area (Å²) in [5.74, 6) is 1.31. The highest BCUT2D eigenvalue weighted by Crippen LogP contribution is 2.20. The summed E-state index contributed by atoms with van der Waals surface area (Å²) in [4.78, 5) is 9.04. The van der Waals surface area contributed by atoms with Gasteiger partial charge in [0.15, 0.2) is 6.04 Å². The van der Waals surface area contributed by atoms with Gasteiger partial charge in [0, 0.05) is 0 Å². The van der Waals surface area contributed by atoms with Crippen molar-refractivity contribution in [3.63, 3.8) is 0 Å². The summed E-state index contributed by atoms with van der Waals surface area (Å²) in [6, 6.07) is -0.625. The molecule has 1 aliphatic rings. The van der Waals surface area contributed by atoms with Crippen LogP contribution in [0, 0.1) is 5.92 Å². The van der Waals surface area contributed by atoms with E-state index >= 15 is 0 Å². The molecule has 0 amide bonds. The fraction of sp³-hybridized carbons (Fsp3) is 0.714. The second-order valence-electron chi connectivity index (χ2n) is 4.98. The van der Waals surface area contributed by atoms with Gasteiger partial charge in [-0.1, -0.05) is 42.5 Å². The van der Waals surface area contributed by atoms with Gasteiger partial charge in [-0.25, -0.2) is 9.98 Å².